The van der Waals surface area contributed by atoms with Crippen molar-refractivity contribution < 1.29 is 14.3 Å². The van der Waals surface area contributed by atoms with E-state index in [-0.39, 0.29) is 12.6 Å². The standard InChI is InChI=1S/C26H31ClN4O3/c1-3-18-5-7-19(8-6-18)24-23(25(32)34-4-2)22(28-26(33)29-24)17-30-13-15-31(16-14-30)21-11-9-20(27)10-12-21/h5-12,24H,3-4,13-17H2,1-2H3,(H2,28,29,33)/t24-/m1/s1. The van der Waals surface area contributed by atoms with Gasteiger partial charge in [-0.2, -0.15) is 0 Å². The minimum absolute atomic E-state index is 0.269. The highest BCUT2D eigenvalue weighted by molar-refractivity contribution is 6.30. The number of ether oxygens (including phenoxy) is 1. The van der Waals surface area contributed by atoms with Gasteiger partial charge in [-0.05, 0) is 48.7 Å². The molecule has 2 aromatic rings. The first kappa shape index (κ1) is 24.1. The third-order valence-corrected chi connectivity index (χ3v) is 6.57. The highest BCUT2D eigenvalue weighted by atomic mass is 35.5. The first-order valence-electron chi connectivity index (χ1n) is 11.8. The molecule has 0 spiro atoms. The van der Waals surface area contributed by atoms with Crippen LogP contribution in [0.1, 0.15) is 31.0 Å². The summed E-state index contributed by atoms with van der Waals surface area (Å²) in [4.78, 5) is 30.2. The Labute approximate surface area is 205 Å². The number of anilines is 1. The lowest BCUT2D eigenvalue weighted by atomic mass is 9.94. The van der Waals surface area contributed by atoms with E-state index in [9.17, 15) is 9.59 Å². The number of rotatable bonds is 7. The van der Waals surface area contributed by atoms with Crippen LogP contribution in [0.3, 0.4) is 0 Å². The SMILES string of the molecule is CCOC(=O)C1=C(CN2CCN(c3ccc(Cl)cc3)CC2)NC(=O)N[C@@H]1c1ccc(CC)cc1. The van der Waals surface area contributed by atoms with Gasteiger partial charge in [0.1, 0.15) is 0 Å². The summed E-state index contributed by atoms with van der Waals surface area (Å²) in [6, 6.07) is 15.0. The Morgan fingerprint density at radius 3 is 2.32 bits per heavy atom. The third-order valence-electron chi connectivity index (χ3n) is 6.32. The van der Waals surface area contributed by atoms with Crippen LogP contribution in [0.25, 0.3) is 0 Å². The molecule has 2 amide bonds. The number of nitrogens with zero attached hydrogens (tertiary/aromatic N) is 2. The van der Waals surface area contributed by atoms with Crippen LogP contribution in [0.5, 0.6) is 0 Å². The van der Waals surface area contributed by atoms with Gasteiger partial charge in [-0.15, -0.1) is 0 Å². The number of piperazine rings is 1. The number of hydrogen-bond acceptors (Lipinski definition) is 5. The Balaban J connectivity index is 1.54. The monoisotopic (exact) mass is 482 g/mol. The van der Waals surface area contributed by atoms with Crippen molar-refractivity contribution in [1.82, 2.24) is 15.5 Å². The maximum Gasteiger partial charge on any atom is 0.338 e. The summed E-state index contributed by atoms with van der Waals surface area (Å²) in [5, 5.41) is 6.52. The molecule has 0 radical (unpaired) electrons. The van der Waals surface area contributed by atoms with E-state index in [4.69, 9.17) is 16.3 Å². The summed E-state index contributed by atoms with van der Waals surface area (Å²) in [6.07, 6.45) is 0.923. The molecule has 2 aliphatic heterocycles. The number of amides is 2. The lowest BCUT2D eigenvalue weighted by Crippen LogP contribution is -2.51. The lowest BCUT2D eigenvalue weighted by Gasteiger charge is -2.38. The number of carbonyl (C=O) groups excluding carboxylic acids is 2. The van der Waals surface area contributed by atoms with Crippen molar-refractivity contribution in [3.8, 4) is 0 Å². The molecule has 0 aromatic heterocycles. The summed E-state index contributed by atoms with van der Waals surface area (Å²) in [7, 11) is 0. The molecule has 1 fully saturated rings. The number of esters is 1. The number of urea groups is 1. The zero-order valence-corrected chi connectivity index (χ0v) is 20.4. The molecule has 2 aliphatic rings. The van der Waals surface area contributed by atoms with Gasteiger partial charge in [0.15, 0.2) is 0 Å². The molecule has 180 valence electrons. The largest absolute Gasteiger partial charge is 0.463 e. The van der Waals surface area contributed by atoms with Gasteiger partial charge in [0.05, 0.1) is 18.2 Å². The number of carbonyl (C=O) groups is 2. The lowest BCUT2D eigenvalue weighted by molar-refractivity contribution is -0.139. The van der Waals surface area contributed by atoms with Crippen LogP contribution in [0, 0.1) is 0 Å². The second-order valence-electron chi connectivity index (χ2n) is 8.48. The molecule has 1 saturated heterocycles. The molecular formula is C26H31ClN4O3. The Bertz CT molecular complexity index is 1040. The van der Waals surface area contributed by atoms with E-state index in [1.165, 1.54) is 5.56 Å². The van der Waals surface area contributed by atoms with Crippen LogP contribution in [0.4, 0.5) is 10.5 Å². The summed E-state index contributed by atoms with van der Waals surface area (Å²) in [5.74, 6) is -0.408. The Hall–Kier alpha value is -3.03. The van der Waals surface area contributed by atoms with Crippen LogP contribution < -0.4 is 15.5 Å². The van der Waals surface area contributed by atoms with Gasteiger partial charge < -0.3 is 20.3 Å². The van der Waals surface area contributed by atoms with Crippen LogP contribution >= 0.6 is 11.6 Å². The maximum absolute atomic E-state index is 13.0. The Morgan fingerprint density at radius 1 is 1.03 bits per heavy atom. The molecule has 2 aromatic carbocycles. The molecule has 2 N–H and O–H groups in total. The molecule has 1 atom stereocenters. The quantitative estimate of drug-likeness (QED) is 0.585. The van der Waals surface area contributed by atoms with E-state index in [1.807, 2.05) is 48.5 Å². The molecule has 0 saturated carbocycles. The van der Waals surface area contributed by atoms with E-state index in [1.54, 1.807) is 6.92 Å². The predicted octanol–water partition coefficient (Wildman–Crippen LogP) is 3.90. The molecule has 0 bridgehead atoms. The van der Waals surface area contributed by atoms with E-state index in [2.05, 4.69) is 27.4 Å². The smallest absolute Gasteiger partial charge is 0.338 e. The van der Waals surface area contributed by atoms with E-state index >= 15 is 0 Å². The zero-order valence-electron chi connectivity index (χ0n) is 19.6. The molecule has 34 heavy (non-hydrogen) atoms. The molecule has 0 unspecified atom stereocenters. The molecular weight excluding hydrogens is 452 g/mol. The van der Waals surface area contributed by atoms with Crippen molar-refractivity contribution >= 4 is 29.3 Å². The molecule has 8 heteroatoms. The summed E-state index contributed by atoms with van der Waals surface area (Å²) < 4.78 is 5.39. The van der Waals surface area contributed by atoms with Gasteiger partial charge >= 0.3 is 12.0 Å². The van der Waals surface area contributed by atoms with E-state index < -0.39 is 12.0 Å². The summed E-state index contributed by atoms with van der Waals surface area (Å²) in [6.45, 7) is 7.92. The highest BCUT2D eigenvalue weighted by Gasteiger charge is 2.34. The summed E-state index contributed by atoms with van der Waals surface area (Å²) >= 11 is 6.02. The molecule has 4 rings (SSSR count). The fraction of sp³-hybridized carbons (Fsp3) is 0.385. The predicted molar refractivity (Wildman–Crippen MR) is 134 cm³/mol. The van der Waals surface area contributed by atoms with Crippen LogP contribution in [-0.2, 0) is 16.0 Å². The van der Waals surface area contributed by atoms with Crippen LogP contribution in [0.2, 0.25) is 5.02 Å². The van der Waals surface area contributed by atoms with E-state index in [0.29, 0.717) is 17.8 Å². The second kappa shape index (κ2) is 10.9. The van der Waals surface area contributed by atoms with Crippen molar-refractivity contribution in [2.24, 2.45) is 0 Å². The number of nitrogens with one attached hydrogen (secondary N) is 2. The van der Waals surface area contributed by atoms with Crippen LogP contribution in [-0.4, -0.2) is 56.2 Å². The molecule has 0 aliphatic carbocycles. The fourth-order valence-corrected chi connectivity index (χ4v) is 4.55. The minimum Gasteiger partial charge on any atom is -0.463 e. The van der Waals surface area contributed by atoms with Gasteiger partial charge in [-0.3, -0.25) is 4.90 Å². The Kier molecular flexibility index (Phi) is 7.75. The zero-order chi connectivity index (χ0) is 24.1. The van der Waals surface area contributed by atoms with Gasteiger partial charge in [-0.1, -0.05) is 42.8 Å². The van der Waals surface area contributed by atoms with Gasteiger partial charge in [-0.25, -0.2) is 9.59 Å². The third kappa shape index (κ3) is 5.54. The Morgan fingerprint density at radius 2 is 1.71 bits per heavy atom. The average Bonchev–Trinajstić information content (AvgIpc) is 2.85. The van der Waals surface area contributed by atoms with E-state index in [0.717, 1.165) is 48.9 Å². The second-order valence-corrected chi connectivity index (χ2v) is 8.92. The summed E-state index contributed by atoms with van der Waals surface area (Å²) in [5.41, 5.74) is 4.27. The number of aryl methyl sites for hydroxylation is 1. The average molecular weight is 483 g/mol. The number of benzene rings is 2. The van der Waals surface area contributed by atoms with Crippen molar-refractivity contribution in [2.45, 2.75) is 26.3 Å². The minimum atomic E-state index is -0.552. The number of hydrogen-bond donors (Lipinski definition) is 2. The van der Waals surface area contributed by atoms with Crippen molar-refractivity contribution in [3.05, 3.63) is 76.0 Å². The van der Waals surface area contributed by atoms with Crippen LogP contribution in [0.15, 0.2) is 59.8 Å². The molecule has 7 nitrogen and oxygen atoms in total. The number of halogens is 1. The van der Waals surface area contributed by atoms with Gasteiger partial charge in [0, 0.05) is 49.1 Å². The normalized spacial score (nSPS) is 19.0. The topological polar surface area (TPSA) is 73.9 Å². The van der Waals surface area contributed by atoms with Crippen molar-refractivity contribution in [1.29, 1.82) is 0 Å². The molecule has 2 heterocycles. The first-order chi connectivity index (χ1) is 16.5. The van der Waals surface area contributed by atoms with Crippen molar-refractivity contribution in [3.63, 3.8) is 0 Å². The van der Waals surface area contributed by atoms with Crippen molar-refractivity contribution in [2.75, 3.05) is 44.2 Å². The van der Waals surface area contributed by atoms with Gasteiger partial charge in [0.2, 0.25) is 0 Å². The highest BCUT2D eigenvalue weighted by Crippen LogP contribution is 2.29. The maximum atomic E-state index is 13.0. The van der Waals surface area contributed by atoms with Gasteiger partial charge in [0.25, 0.3) is 0 Å². The fourth-order valence-electron chi connectivity index (χ4n) is 4.43. The first-order valence-corrected chi connectivity index (χ1v) is 12.2.